The molecular formula is C13H19N3O2S2. The van der Waals surface area contributed by atoms with Crippen LogP contribution >= 0.6 is 23.5 Å². The molecule has 110 valence electrons. The van der Waals surface area contributed by atoms with Gasteiger partial charge < -0.3 is 10.2 Å². The molecule has 2 fully saturated rings. The highest BCUT2D eigenvalue weighted by atomic mass is 32.2. The number of aliphatic imine (C=N–C) groups is 1. The Morgan fingerprint density at radius 1 is 1.30 bits per heavy atom. The Morgan fingerprint density at radius 2 is 2.10 bits per heavy atom. The molecule has 1 N–H and O–H groups in total. The number of thioether (sulfide) groups is 2. The molecule has 3 rings (SSSR count). The summed E-state index contributed by atoms with van der Waals surface area (Å²) in [5.41, 5.74) is 0. The van der Waals surface area contributed by atoms with Gasteiger partial charge in [-0.05, 0) is 12.8 Å². The molecule has 0 bridgehead atoms. The zero-order valence-electron chi connectivity index (χ0n) is 11.3. The Hall–Kier alpha value is -0.690. The Labute approximate surface area is 127 Å². The second kappa shape index (κ2) is 6.39. The summed E-state index contributed by atoms with van der Waals surface area (Å²) in [4.78, 5) is 30.8. The topological polar surface area (TPSA) is 61.8 Å². The summed E-state index contributed by atoms with van der Waals surface area (Å²) in [7, 11) is 0. The number of nitrogens with one attached hydrogen (secondary N) is 1. The van der Waals surface area contributed by atoms with Gasteiger partial charge in [0.05, 0.1) is 12.4 Å². The summed E-state index contributed by atoms with van der Waals surface area (Å²) in [6.45, 7) is 0.768. The van der Waals surface area contributed by atoms with Crippen LogP contribution in [-0.4, -0.2) is 51.9 Å². The molecule has 0 aromatic rings. The van der Waals surface area contributed by atoms with Crippen molar-refractivity contribution in [3.8, 4) is 0 Å². The van der Waals surface area contributed by atoms with Crippen molar-refractivity contribution in [1.29, 1.82) is 0 Å². The maximum absolute atomic E-state index is 12.5. The van der Waals surface area contributed by atoms with Gasteiger partial charge in [-0.15, -0.1) is 11.8 Å². The van der Waals surface area contributed by atoms with E-state index in [4.69, 9.17) is 0 Å². The van der Waals surface area contributed by atoms with Crippen molar-refractivity contribution in [2.75, 3.05) is 23.9 Å². The van der Waals surface area contributed by atoms with E-state index in [-0.39, 0.29) is 23.8 Å². The van der Waals surface area contributed by atoms with Crippen LogP contribution in [0, 0.1) is 5.92 Å². The van der Waals surface area contributed by atoms with Crippen molar-refractivity contribution in [2.24, 2.45) is 10.9 Å². The highest BCUT2D eigenvalue weighted by molar-refractivity contribution is 8.14. The molecule has 3 aliphatic rings. The van der Waals surface area contributed by atoms with Crippen molar-refractivity contribution in [2.45, 2.75) is 31.7 Å². The average Bonchev–Trinajstić information content (AvgIpc) is 3.19. The van der Waals surface area contributed by atoms with Crippen molar-refractivity contribution in [1.82, 2.24) is 10.2 Å². The van der Waals surface area contributed by atoms with Crippen LogP contribution in [0.3, 0.4) is 0 Å². The number of carbonyl (C=O) groups excluding carboxylic acids is 2. The predicted octanol–water partition coefficient (Wildman–Crippen LogP) is 1.30. The van der Waals surface area contributed by atoms with Crippen LogP contribution < -0.4 is 5.32 Å². The molecule has 2 amide bonds. The monoisotopic (exact) mass is 313 g/mol. The first-order chi connectivity index (χ1) is 9.75. The minimum Gasteiger partial charge on any atom is -0.320 e. The standard InChI is InChI=1S/C13H19N3O2S2/c17-11(15-13-14-5-6-20-13)10-7-19-8-16(10)12(18)9-3-1-2-4-9/h9-10H,1-8H2,(H,14,15,17)/t10-/m1/s1. The Bertz CT molecular complexity index is 435. The van der Waals surface area contributed by atoms with E-state index in [0.717, 1.165) is 38.0 Å². The van der Waals surface area contributed by atoms with Crippen LogP contribution in [0.2, 0.25) is 0 Å². The van der Waals surface area contributed by atoms with Crippen LogP contribution in [0.1, 0.15) is 25.7 Å². The zero-order valence-corrected chi connectivity index (χ0v) is 13.0. The normalized spacial score (nSPS) is 26.9. The summed E-state index contributed by atoms with van der Waals surface area (Å²) >= 11 is 3.23. The van der Waals surface area contributed by atoms with E-state index in [9.17, 15) is 9.59 Å². The molecule has 2 aliphatic heterocycles. The van der Waals surface area contributed by atoms with E-state index in [0.29, 0.717) is 16.8 Å². The summed E-state index contributed by atoms with van der Waals surface area (Å²) in [6.07, 6.45) is 4.25. The van der Waals surface area contributed by atoms with Gasteiger partial charge in [0, 0.05) is 17.4 Å². The predicted molar refractivity (Wildman–Crippen MR) is 82.8 cm³/mol. The van der Waals surface area contributed by atoms with Crippen LogP contribution in [-0.2, 0) is 9.59 Å². The fourth-order valence-electron chi connectivity index (χ4n) is 2.88. The Kier molecular flexibility index (Phi) is 4.55. The summed E-state index contributed by atoms with van der Waals surface area (Å²) in [6, 6.07) is -0.322. The number of hydrogen-bond donors (Lipinski definition) is 1. The minimum atomic E-state index is -0.322. The third kappa shape index (κ3) is 2.98. The van der Waals surface area contributed by atoms with Gasteiger partial charge >= 0.3 is 0 Å². The molecule has 7 heteroatoms. The van der Waals surface area contributed by atoms with Gasteiger partial charge in [-0.1, -0.05) is 24.6 Å². The Morgan fingerprint density at radius 3 is 2.80 bits per heavy atom. The molecule has 0 radical (unpaired) electrons. The number of rotatable bonds is 2. The van der Waals surface area contributed by atoms with E-state index in [2.05, 4.69) is 10.3 Å². The number of amides is 2. The lowest BCUT2D eigenvalue weighted by atomic mass is 10.1. The van der Waals surface area contributed by atoms with Gasteiger partial charge in [0.1, 0.15) is 6.04 Å². The summed E-state index contributed by atoms with van der Waals surface area (Å²) in [5.74, 6) is 2.51. The molecule has 1 atom stereocenters. The number of nitrogens with zero attached hydrogens (tertiary/aromatic N) is 2. The molecule has 2 heterocycles. The van der Waals surface area contributed by atoms with Crippen LogP contribution in [0.4, 0.5) is 0 Å². The van der Waals surface area contributed by atoms with Crippen molar-refractivity contribution >= 4 is 40.5 Å². The fourth-order valence-corrected chi connectivity index (χ4v) is 4.78. The highest BCUT2D eigenvalue weighted by Gasteiger charge is 2.38. The second-order valence-electron chi connectivity index (χ2n) is 5.33. The minimum absolute atomic E-state index is 0.0745. The lowest BCUT2D eigenvalue weighted by molar-refractivity contribution is -0.140. The van der Waals surface area contributed by atoms with Gasteiger partial charge in [0.2, 0.25) is 11.8 Å². The zero-order chi connectivity index (χ0) is 13.9. The molecule has 0 aromatic carbocycles. The molecule has 20 heavy (non-hydrogen) atoms. The Balaban J connectivity index is 1.62. The van der Waals surface area contributed by atoms with Gasteiger partial charge in [0.25, 0.3) is 0 Å². The number of carbonyl (C=O) groups is 2. The van der Waals surface area contributed by atoms with E-state index >= 15 is 0 Å². The third-order valence-electron chi connectivity index (χ3n) is 3.99. The number of hydrogen-bond acceptors (Lipinski definition) is 5. The second-order valence-corrected chi connectivity index (χ2v) is 7.41. The first-order valence-electron chi connectivity index (χ1n) is 7.12. The largest absolute Gasteiger partial charge is 0.320 e. The van der Waals surface area contributed by atoms with Crippen molar-refractivity contribution in [3.63, 3.8) is 0 Å². The van der Waals surface area contributed by atoms with Crippen molar-refractivity contribution in [3.05, 3.63) is 0 Å². The molecule has 0 spiro atoms. The van der Waals surface area contributed by atoms with E-state index < -0.39 is 0 Å². The first kappa shape index (κ1) is 14.3. The molecule has 1 aliphatic carbocycles. The smallest absolute Gasteiger partial charge is 0.249 e. The van der Waals surface area contributed by atoms with Gasteiger partial charge in [-0.3, -0.25) is 14.6 Å². The maximum Gasteiger partial charge on any atom is 0.249 e. The fraction of sp³-hybridized carbons (Fsp3) is 0.769. The van der Waals surface area contributed by atoms with Crippen LogP contribution in [0.15, 0.2) is 4.99 Å². The van der Waals surface area contributed by atoms with Crippen LogP contribution in [0.25, 0.3) is 0 Å². The molecule has 0 unspecified atom stereocenters. The SMILES string of the molecule is O=C(NC1=NCCS1)[C@H]1CSCN1C(=O)C1CCCC1. The van der Waals surface area contributed by atoms with Gasteiger partial charge in [-0.2, -0.15) is 0 Å². The lowest BCUT2D eigenvalue weighted by Crippen LogP contribution is -2.49. The molecule has 1 saturated carbocycles. The molecule has 0 aromatic heterocycles. The molecule has 1 saturated heterocycles. The number of amidine groups is 1. The summed E-state index contributed by atoms with van der Waals surface area (Å²) < 4.78 is 0. The molecule has 5 nitrogen and oxygen atoms in total. The van der Waals surface area contributed by atoms with Crippen LogP contribution in [0.5, 0.6) is 0 Å². The van der Waals surface area contributed by atoms with Gasteiger partial charge in [0.15, 0.2) is 5.17 Å². The van der Waals surface area contributed by atoms with Crippen molar-refractivity contribution < 1.29 is 9.59 Å². The summed E-state index contributed by atoms with van der Waals surface area (Å²) in [5, 5.41) is 3.57. The van der Waals surface area contributed by atoms with E-state index in [1.54, 1.807) is 28.4 Å². The lowest BCUT2D eigenvalue weighted by Gasteiger charge is -2.25. The highest BCUT2D eigenvalue weighted by Crippen LogP contribution is 2.30. The third-order valence-corrected chi connectivity index (χ3v) is 5.89. The van der Waals surface area contributed by atoms with E-state index in [1.165, 1.54) is 0 Å². The van der Waals surface area contributed by atoms with E-state index in [1.807, 2.05) is 0 Å². The quantitative estimate of drug-likeness (QED) is 0.835. The first-order valence-corrected chi connectivity index (χ1v) is 9.26. The molecular weight excluding hydrogens is 294 g/mol. The maximum atomic E-state index is 12.5. The average molecular weight is 313 g/mol. The van der Waals surface area contributed by atoms with Gasteiger partial charge in [-0.25, -0.2) is 0 Å².